The van der Waals surface area contributed by atoms with Crippen LogP contribution in [-0.4, -0.2) is 27.1 Å². The van der Waals surface area contributed by atoms with Gasteiger partial charge in [-0.25, -0.2) is 0 Å². The highest BCUT2D eigenvalue weighted by atomic mass is 35.5. The maximum atomic E-state index is 12.1. The Hall–Kier alpha value is -2.41. The fourth-order valence-electron chi connectivity index (χ4n) is 2.18. The minimum Gasteiger partial charge on any atom is -0.480 e. The Morgan fingerprint density at radius 3 is 2.57 bits per heavy atom. The molecular weight excluding hydrogens is 322 g/mol. The lowest BCUT2D eigenvalue weighted by Gasteiger charge is -2.14. The Morgan fingerprint density at radius 2 is 2.00 bits per heavy atom. The van der Waals surface area contributed by atoms with Gasteiger partial charge in [-0.3, -0.25) is 9.59 Å². The number of hydrogen-bond donors (Lipinski definition) is 2. The molecule has 0 spiro atoms. The van der Waals surface area contributed by atoms with Gasteiger partial charge >= 0.3 is 5.97 Å². The third-order valence-electron chi connectivity index (χ3n) is 3.86. The summed E-state index contributed by atoms with van der Waals surface area (Å²) in [6.07, 6.45) is 0.701. The molecule has 1 atom stereocenters. The molecule has 1 amide bonds. The van der Waals surface area contributed by atoms with Crippen molar-refractivity contribution in [3.8, 4) is 11.5 Å². The van der Waals surface area contributed by atoms with Crippen LogP contribution in [0.25, 0.3) is 11.5 Å². The van der Waals surface area contributed by atoms with Gasteiger partial charge in [-0.1, -0.05) is 16.8 Å². The number of nitrogens with one attached hydrogen (secondary N) is 1. The van der Waals surface area contributed by atoms with E-state index >= 15 is 0 Å². The van der Waals surface area contributed by atoms with Crippen LogP contribution in [0.15, 0.2) is 28.8 Å². The summed E-state index contributed by atoms with van der Waals surface area (Å²) in [6.45, 7) is 1.67. The van der Waals surface area contributed by atoms with Gasteiger partial charge in [0, 0.05) is 10.6 Å². The summed E-state index contributed by atoms with van der Waals surface area (Å²) in [7, 11) is 0. The predicted octanol–water partition coefficient (Wildman–Crippen LogP) is 2.43. The quantitative estimate of drug-likeness (QED) is 0.813. The largest absolute Gasteiger partial charge is 0.480 e. The number of rotatable bonds is 5. The van der Waals surface area contributed by atoms with E-state index in [0.717, 1.165) is 0 Å². The highest BCUT2D eigenvalue weighted by molar-refractivity contribution is 6.30. The van der Waals surface area contributed by atoms with Gasteiger partial charge in [0.05, 0.1) is 6.04 Å². The number of aromatic nitrogens is 2. The summed E-state index contributed by atoms with van der Waals surface area (Å²) in [5.74, 6) is -1.03. The van der Waals surface area contributed by atoms with Crippen molar-refractivity contribution in [1.82, 2.24) is 15.5 Å². The molecule has 8 heteroatoms. The van der Waals surface area contributed by atoms with Crippen LogP contribution in [0, 0.1) is 5.41 Å². The number of amides is 1. The molecule has 3 rings (SSSR count). The van der Waals surface area contributed by atoms with E-state index in [4.69, 9.17) is 21.2 Å². The van der Waals surface area contributed by atoms with Crippen LogP contribution in [0.4, 0.5) is 0 Å². The topological polar surface area (TPSA) is 105 Å². The summed E-state index contributed by atoms with van der Waals surface area (Å²) in [4.78, 5) is 27.4. The molecule has 1 fully saturated rings. The number of hydrogen-bond acceptors (Lipinski definition) is 5. The summed E-state index contributed by atoms with van der Waals surface area (Å²) in [5.41, 5.74) is -0.590. The number of halogens is 1. The van der Waals surface area contributed by atoms with Crippen LogP contribution in [0.5, 0.6) is 0 Å². The number of benzene rings is 1. The molecule has 1 unspecified atom stereocenters. The van der Waals surface area contributed by atoms with E-state index in [1.54, 1.807) is 31.2 Å². The summed E-state index contributed by atoms with van der Waals surface area (Å²) in [5, 5.41) is 16.2. The second kappa shape index (κ2) is 5.66. The van der Waals surface area contributed by atoms with Crippen LogP contribution in [0.2, 0.25) is 5.02 Å². The molecule has 1 aromatic carbocycles. The maximum Gasteiger partial charge on any atom is 0.319 e. The molecule has 1 saturated carbocycles. The number of carboxylic acids is 1. The standard InChI is InChI=1S/C15H14ClN3O4/c1-8(17-13(20)15(6-7-15)14(21)22)11-18-12(23-19-11)9-2-4-10(16)5-3-9/h2-5,8H,6-7H2,1H3,(H,17,20)(H,21,22). The molecule has 0 radical (unpaired) electrons. The van der Waals surface area contributed by atoms with Gasteiger partial charge < -0.3 is 14.9 Å². The first-order valence-electron chi connectivity index (χ1n) is 7.06. The normalized spacial score (nSPS) is 16.6. The summed E-state index contributed by atoms with van der Waals surface area (Å²) < 4.78 is 5.17. The molecule has 0 bridgehead atoms. The first kappa shape index (κ1) is 15.5. The van der Waals surface area contributed by atoms with Crippen molar-refractivity contribution in [2.45, 2.75) is 25.8 Å². The van der Waals surface area contributed by atoms with Crippen molar-refractivity contribution in [2.75, 3.05) is 0 Å². The number of carbonyl (C=O) groups excluding carboxylic acids is 1. The molecule has 1 aliphatic carbocycles. The van der Waals surface area contributed by atoms with Gasteiger partial charge in [0.2, 0.25) is 5.91 Å². The zero-order chi connectivity index (χ0) is 16.6. The zero-order valence-electron chi connectivity index (χ0n) is 12.2. The first-order chi connectivity index (χ1) is 10.9. The van der Waals surface area contributed by atoms with Crippen LogP contribution in [0.1, 0.15) is 31.6 Å². The average Bonchev–Trinajstić information content (AvgIpc) is 3.19. The fourth-order valence-corrected chi connectivity index (χ4v) is 2.31. The van der Waals surface area contributed by atoms with Crippen molar-refractivity contribution < 1.29 is 19.2 Å². The number of nitrogens with zero attached hydrogens (tertiary/aromatic N) is 2. The molecule has 0 saturated heterocycles. The highest BCUT2D eigenvalue weighted by Crippen LogP contribution is 2.46. The van der Waals surface area contributed by atoms with Gasteiger partial charge in [-0.2, -0.15) is 4.98 Å². The Balaban J connectivity index is 1.71. The van der Waals surface area contributed by atoms with E-state index in [-0.39, 0.29) is 5.82 Å². The molecule has 1 aromatic heterocycles. The number of carboxylic acid groups (broad SMARTS) is 1. The minimum atomic E-state index is -1.29. The molecule has 0 aliphatic heterocycles. The predicted molar refractivity (Wildman–Crippen MR) is 80.6 cm³/mol. The van der Waals surface area contributed by atoms with E-state index in [2.05, 4.69) is 15.5 Å². The Bertz CT molecular complexity index is 752. The Morgan fingerprint density at radius 1 is 1.35 bits per heavy atom. The van der Waals surface area contributed by atoms with E-state index < -0.39 is 23.3 Å². The van der Waals surface area contributed by atoms with Gasteiger partial charge in [0.15, 0.2) is 5.82 Å². The molecule has 120 valence electrons. The van der Waals surface area contributed by atoms with Crippen molar-refractivity contribution >= 4 is 23.5 Å². The lowest BCUT2D eigenvalue weighted by molar-refractivity contribution is -0.149. The molecule has 23 heavy (non-hydrogen) atoms. The summed E-state index contributed by atoms with van der Waals surface area (Å²) >= 11 is 5.82. The molecule has 7 nitrogen and oxygen atoms in total. The third kappa shape index (κ3) is 2.92. The van der Waals surface area contributed by atoms with Crippen LogP contribution >= 0.6 is 11.6 Å². The molecule has 2 aromatic rings. The molecule has 2 N–H and O–H groups in total. The number of carbonyl (C=O) groups is 2. The van der Waals surface area contributed by atoms with Gasteiger partial charge in [-0.15, -0.1) is 0 Å². The average molecular weight is 336 g/mol. The lowest BCUT2D eigenvalue weighted by atomic mass is 10.1. The van der Waals surface area contributed by atoms with Gasteiger partial charge in [-0.05, 0) is 44.0 Å². The van der Waals surface area contributed by atoms with Crippen molar-refractivity contribution in [3.63, 3.8) is 0 Å². The second-order valence-corrected chi connectivity index (χ2v) is 5.98. The van der Waals surface area contributed by atoms with Crippen molar-refractivity contribution in [3.05, 3.63) is 35.1 Å². The SMILES string of the molecule is CC(NC(=O)C1(C(=O)O)CC1)c1noc(-c2ccc(Cl)cc2)n1. The first-order valence-corrected chi connectivity index (χ1v) is 7.44. The molecule has 1 heterocycles. The maximum absolute atomic E-state index is 12.1. The van der Waals surface area contributed by atoms with Crippen LogP contribution < -0.4 is 5.32 Å². The molecular formula is C15H14ClN3O4. The highest BCUT2D eigenvalue weighted by Gasteiger charge is 2.57. The summed E-state index contributed by atoms with van der Waals surface area (Å²) in [6, 6.07) is 6.34. The van der Waals surface area contributed by atoms with E-state index in [0.29, 0.717) is 29.3 Å². The van der Waals surface area contributed by atoms with Gasteiger partial charge in [0.25, 0.3) is 5.89 Å². The Kier molecular flexibility index (Phi) is 3.81. The third-order valence-corrected chi connectivity index (χ3v) is 4.11. The lowest BCUT2D eigenvalue weighted by Crippen LogP contribution is -2.38. The van der Waals surface area contributed by atoms with Crippen molar-refractivity contribution in [1.29, 1.82) is 0 Å². The fraction of sp³-hybridized carbons (Fsp3) is 0.333. The smallest absolute Gasteiger partial charge is 0.319 e. The van der Waals surface area contributed by atoms with E-state index in [1.165, 1.54) is 0 Å². The van der Waals surface area contributed by atoms with E-state index in [1.807, 2.05) is 0 Å². The van der Waals surface area contributed by atoms with Crippen LogP contribution in [-0.2, 0) is 9.59 Å². The number of aliphatic carboxylic acids is 1. The van der Waals surface area contributed by atoms with Gasteiger partial charge in [0.1, 0.15) is 5.41 Å². The molecule has 1 aliphatic rings. The second-order valence-electron chi connectivity index (χ2n) is 5.55. The Labute approximate surface area is 136 Å². The van der Waals surface area contributed by atoms with Crippen molar-refractivity contribution in [2.24, 2.45) is 5.41 Å². The minimum absolute atomic E-state index is 0.282. The zero-order valence-corrected chi connectivity index (χ0v) is 13.0. The van der Waals surface area contributed by atoms with Crippen LogP contribution in [0.3, 0.4) is 0 Å². The monoisotopic (exact) mass is 335 g/mol. The van der Waals surface area contributed by atoms with E-state index in [9.17, 15) is 9.59 Å².